The molecule has 0 aliphatic carbocycles. The standard InChI is InChI=1S/C12H17BF2O4/c1-11(2)12(3,4)19-13(18-11)8-6-5-7(17-8)9(16)10(14)15/h5-6,9-10,16H,1-4H3. The first kappa shape index (κ1) is 14.5. The van der Waals surface area contributed by atoms with Gasteiger partial charge in [-0.15, -0.1) is 0 Å². The van der Waals surface area contributed by atoms with Crippen molar-refractivity contribution < 1.29 is 27.6 Å². The van der Waals surface area contributed by atoms with Crippen LogP contribution in [0.15, 0.2) is 16.5 Å². The first-order valence-corrected chi connectivity index (χ1v) is 6.05. The van der Waals surface area contributed by atoms with Gasteiger partial charge in [0.1, 0.15) is 11.4 Å². The van der Waals surface area contributed by atoms with Crippen molar-refractivity contribution in [1.82, 2.24) is 0 Å². The Morgan fingerprint density at radius 3 is 2.11 bits per heavy atom. The van der Waals surface area contributed by atoms with Crippen LogP contribution in [-0.4, -0.2) is 29.9 Å². The highest BCUT2D eigenvalue weighted by molar-refractivity contribution is 6.60. The van der Waals surface area contributed by atoms with Crippen LogP contribution in [0.5, 0.6) is 0 Å². The van der Waals surface area contributed by atoms with Crippen LogP contribution < -0.4 is 5.66 Å². The smallest absolute Gasteiger partial charge is 0.467 e. The Morgan fingerprint density at radius 1 is 1.11 bits per heavy atom. The summed E-state index contributed by atoms with van der Waals surface area (Å²) < 4.78 is 41.4. The molecule has 1 fully saturated rings. The number of aliphatic hydroxyl groups excluding tert-OH is 1. The monoisotopic (exact) mass is 274 g/mol. The maximum absolute atomic E-state index is 12.4. The Labute approximate surface area is 110 Å². The summed E-state index contributed by atoms with van der Waals surface area (Å²) in [5, 5.41) is 9.23. The van der Waals surface area contributed by atoms with Gasteiger partial charge in [-0.25, -0.2) is 8.78 Å². The maximum atomic E-state index is 12.4. The van der Waals surface area contributed by atoms with Gasteiger partial charge in [0, 0.05) is 0 Å². The fourth-order valence-corrected chi connectivity index (χ4v) is 1.74. The zero-order valence-electron chi connectivity index (χ0n) is 11.3. The molecule has 0 bridgehead atoms. The highest BCUT2D eigenvalue weighted by Gasteiger charge is 2.53. The summed E-state index contributed by atoms with van der Waals surface area (Å²) in [5.41, 5.74) is -0.800. The second-order valence-corrected chi connectivity index (χ2v) is 5.61. The lowest BCUT2D eigenvalue weighted by atomic mass is 9.86. The Balaban J connectivity index is 2.17. The number of aliphatic hydroxyl groups is 1. The Kier molecular flexibility index (Phi) is 3.49. The molecule has 7 heteroatoms. The molecule has 106 valence electrons. The van der Waals surface area contributed by atoms with E-state index in [0.717, 1.165) is 0 Å². The predicted octanol–water partition coefficient (Wildman–Crippen LogP) is 1.88. The van der Waals surface area contributed by atoms with Crippen molar-refractivity contribution in [2.24, 2.45) is 0 Å². The van der Waals surface area contributed by atoms with Crippen LogP contribution in [0, 0.1) is 0 Å². The van der Waals surface area contributed by atoms with Crippen LogP contribution in [0.1, 0.15) is 39.6 Å². The molecular formula is C12H17BF2O4. The molecule has 1 N–H and O–H groups in total. The molecule has 0 spiro atoms. The molecule has 0 aromatic carbocycles. The predicted molar refractivity (Wildman–Crippen MR) is 65.4 cm³/mol. The zero-order valence-corrected chi connectivity index (χ0v) is 11.3. The molecule has 0 amide bonds. The maximum Gasteiger partial charge on any atom is 0.532 e. The average molecular weight is 274 g/mol. The van der Waals surface area contributed by atoms with Crippen LogP contribution in [0.2, 0.25) is 0 Å². The minimum atomic E-state index is -2.89. The molecule has 2 rings (SSSR count). The topological polar surface area (TPSA) is 51.8 Å². The van der Waals surface area contributed by atoms with Crippen molar-refractivity contribution in [2.45, 2.75) is 51.4 Å². The van der Waals surface area contributed by atoms with Crippen LogP contribution in [-0.2, 0) is 9.31 Å². The molecule has 1 saturated heterocycles. The number of alkyl halides is 2. The van der Waals surface area contributed by atoms with E-state index in [1.54, 1.807) is 0 Å². The molecule has 19 heavy (non-hydrogen) atoms. The lowest BCUT2D eigenvalue weighted by Crippen LogP contribution is -2.41. The van der Waals surface area contributed by atoms with E-state index in [2.05, 4.69) is 0 Å². The van der Waals surface area contributed by atoms with Gasteiger partial charge in [-0.05, 0) is 39.8 Å². The summed E-state index contributed by atoms with van der Waals surface area (Å²) in [4.78, 5) is 0. The Bertz CT molecular complexity index is 442. The third kappa shape index (κ3) is 2.54. The molecule has 2 heterocycles. The molecule has 1 aliphatic rings. The van der Waals surface area contributed by atoms with Crippen molar-refractivity contribution >= 4 is 12.8 Å². The van der Waals surface area contributed by atoms with E-state index in [0.29, 0.717) is 0 Å². The third-order valence-corrected chi connectivity index (χ3v) is 3.66. The summed E-state index contributed by atoms with van der Waals surface area (Å²) in [6, 6.07) is 2.78. The first-order chi connectivity index (χ1) is 8.64. The van der Waals surface area contributed by atoms with Gasteiger partial charge in [0.15, 0.2) is 6.10 Å². The largest absolute Gasteiger partial charge is 0.532 e. The Hall–Kier alpha value is -0.915. The molecule has 1 unspecified atom stereocenters. The molecular weight excluding hydrogens is 257 g/mol. The van der Waals surface area contributed by atoms with E-state index in [9.17, 15) is 13.9 Å². The minimum Gasteiger partial charge on any atom is -0.467 e. The number of rotatable bonds is 3. The summed E-state index contributed by atoms with van der Waals surface area (Å²) in [7, 11) is -0.761. The normalized spacial score (nSPS) is 23.1. The van der Waals surface area contributed by atoms with Gasteiger partial charge in [-0.1, -0.05) is 0 Å². The molecule has 1 aromatic heterocycles. The summed E-state index contributed by atoms with van der Waals surface area (Å²) >= 11 is 0. The molecule has 4 nitrogen and oxygen atoms in total. The van der Waals surface area contributed by atoms with Gasteiger partial charge >= 0.3 is 7.12 Å². The summed E-state index contributed by atoms with van der Waals surface area (Å²) in [6.07, 6.45) is -4.83. The van der Waals surface area contributed by atoms with E-state index < -0.39 is 30.8 Å². The van der Waals surface area contributed by atoms with Crippen molar-refractivity contribution in [3.8, 4) is 0 Å². The zero-order chi connectivity index (χ0) is 14.4. The Morgan fingerprint density at radius 2 is 1.63 bits per heavy atom. The molecule has 0 radical (unpaired) electrons. The minimum absolute atomic E-state index is 0.195. The van der Waals surface area contributed by atoms with Gasteiger partial charge in [0.05, 0.1) is 11.2 Å². The highest BCUT2D eigenvalue weighted by atomic mass is 19.3. The van der Waals surface area contributed by atoms with Gasteiger partial charge in [0.25, 0.3) is 6.43 Å². The third-order valence-electron chi connectivity index (χ3n) is 3.66. The highest BCUT2D eigenvalue weighted by Crippen LogP contribution is 2.36. The molecule has 0 saturated carbocycles. The lowest BCUT2D eigenvalue weighted by molar-refractivity contribution is -0.0172. The van der Waals surface area contributed by atoms with E-state index in [1.807, 2.05) is 27.7 Å². The van der Waals surface area contributed by atoms with Gasteiger partial charge < -0.3 is 18.8 Å². The van der Waals surface area contributed by atoms with Gasteiger partial charge in [0.2, 0.25) is 0 Å². The second-order valence-electron chi connectivity index (χ2n) is 5.61. The van der Waals surface area contributed by atoms with Crippen molar-refractivity contribution in [2.75, 3.05) is 0 Å². The average Bonchev–Trinajstić information content (AvgIpc) is 2.81. The van der Waals surface area contributed by atoms with Crippen LogP contribution >= 0.6 is 0 Å². The molecule has 1 aromatic rings. The SMILES string of the molecule is CC1(C)OB(c2ccc(C(O)C(F)F)o2)OC1(C)C. The molecule has 1 atom stereocenters. The number of halogens is 2. The van der Waals surface area contributed by atoms with E-state index in [-0.39, 0.29) is 11.4 Å². The van der Waals surface area contributed by atoms with Crippen LogP contribution in [0.4, 0.5) is 8.78 Å². The van der Waals surface area contributed by atoms with Crippen molar-refractivity contribution in [3.05, 3.63) is 17.9 Å². The van der Waals surface area contributed by atoms with E-state index in [1.165, 1.54) is 12.1 Å². The van der Waals surface area contributed by atoms with E-state index >= 15 is 0 Å². The second kappa shape index (κ2) is 4.57. The van der Waals surface area contributed by atoms with Gasteiger partial charge in [-0.3, -0.25) is 0 Å². The summed E-state index contributed by atoms with van der Waals surface area (Å²) in [5.74, 6) is -0.195. The number of hydrogen-bond acceptors (Lipinski definition) is 4. The van der Waals surface area contributed by atoms with Crippen LogP contribution in [0.25, 0.3) is 0 Å². The number of hydrogen-bond donors (Lipinski definition) is 1. The quantitative estimate of drug-likeness (QED) is 0.855. The molecule has 1 aliphatic heterocycles. The number of furan rings is 1. The fourth-order valence-electron chi connectivity index (χ4n) is 1.74. The van der Waals surface area contributed by atoms with Crippen LogP contribution in [0.3, 0.4) is 0 Å². The van der Waals surface area contributed by atoms with Crippen molar-refractivity contribution in [1.29, 1.82) is 0 Å². The van der Waals surface area contributed by atoms with E-state index in [4.69, 9.17) is 13.7 Å². The van der Waals surface area contributed by atoms with Crippen molar-refractivity contribution in [3.63, 3.8) is 0 Å². The van der Waals surface area contributed by atoms with Gasteiger partial charge in [-0.2, -0.15) is 0 Å². The fraction of sp³-hybridized carbons (Fsp3) is 0.667. The first-order valence-electron chi connectivity index (χ1n) is 6.05. The lowest BCUT2D eigenvalue weighted by Gasteiger charge is -2.32. The summed E-state index contributed by atoms with van der Waals surface area (Å²) in [6.45, 7) is 7.52.